The Kier molecular flexibility index (Phi) is 7.85. The van der Waals surface area contributed by atoms with Crippen LogP contribution in [0.2, 0.25) is 0 Å². The van der Waals surface area contributed by atoms with Crippen molar-refractivity contribution >= 4 is 35.0 Å². The molecule has 1 fully saturated rings. The number of amides is 2. The molecule has 0 bridgehead atoms. The maximum Gasteiger partial charge on any atom is 0.419 e. The molecule has 1 aliphatic rings. The zero-order chi connectivity index (χ0) is 28.6. The molecule has 12 heteroatoms. The van der Waals surface area contributed by atoms with E-state index in [0.29, 0.717) is 21.4 Å². The summed E-state index contributed by atoms with van der Waals surface area (Å²) in [7, 11) is 1.12. The Hall–Kier alpha value is -3.96. The van der Waals surface area contributed by atoms with Crippen molar-refractivity contribution < 1.29 is 38.3 Å². The highest BCUT2D eigenvalue weighted by Gasteiger charge is 2.52. The number of nitrogens with zero attached hydrogens (tertiary/aromatic N) is 3. The number of fused-ring (bicyclic) bond motifs is 1. The van der Waals surface area contributed by atoms with Crippen molar-refractivity contribution in [2.75, 3.05) is 13.7 Å². The minimum atomic E-state index is -1.32. The van der Waals surface area contributed by atoms with E-state index in [1.807, 2.05) is 0 Å². The minimum absolute atomic E-state index is 0.213. The molecule has 3 unspecified atom stereocenters. The second-order valence-corrected chi connectivity index (χ2v) is 11.1. The molecule has 1 aliphatic heterocycles. The first-order valence-corrected chi connectivity index (χ1v) is 12.1. The van der Waals surface area contributed by atoms with Gasteiger partial charge >= 0.3 is 18.2 Å². The number of carbonyl (C=O) groups is 4. The topological polar surface area (TPSA) is 147 Å². The van der Waals surface area contributed by atoms with Crippen LogP contribution in [0.3, 0.4) is 0 Å². The fourth-order valence-corrected chi connectivity index (χ4v) is 4.55. The molecule has 1 aromatic carbocycles. The Morgan fingerprint density at radius 3 is 2.18 bits per heavy atom. The summed E-state index contributed by atoms with van der Waals surface area (Å²) in [4.78, 5) is 64.0. The lowest BCUT2D eigenvalue weighted by atomic mass is 9.83. The molecule has 12 nitrogen and oxygen atoms in total. The number of benzene rings is 1. The molecule has 1 saturated heterocycles. The van der Waals surface area contributed by atoms with E-state index in [4.69, 9.17) is 14.2 Å². The standard InChI is InChI=1S/C26H33N3O9/c1-25(2,3)37-23(32)27-13-17(15-10-8-9-11-19(15)27)18(14-28(34)35)16-12-20(22(31)36-7)29(21(16)30)24(33)38-26(4,5)6/h8-11,13,16,18,20H,12,14H2,1-7H3. The van der Waals surface area contributed by atoms with E-state index in [9.17, 15) is 29.3 Å². The monoisotopic (exact) mass is 531 g/mol. The van der Waals surface area contributed by atoms with Gasteiger partial charge in [0.1, 0.15) is 17.2 Å². The third kappa shape index (κ3) is 6.12. The molecule has 0 aliphatic carbocycles. The van der Waals surface area contributed by atoms with Gasteiger partial charge in [-0.05, 0) is 59.6 Å². The average molecular weight is 532 g/mol. The number of aromatic nitrogens is 1. The number of methoxy groups -OCH3 is 1. The van der Waals surface area contributed by atoms with Crippen LogP contribution < -0.4 is 0 Å². The summed E-state index contributed by atoms with van der Waals surface area (Å²) < 4.78 is 16.9. The van der Waals surface area contributed by atoms with Crippen LogP contribution in [0.1, 0.15) is 59.4 Å². The van der Waals surface area contributed by atoms with Crippen LogP contribution in [0.15, 0.2) is 30.5 Å². The lowest BCUT2D eigenvalue weighted by Gasteiger charge is -2.26. The second-order valence-electron chi connectivity index (χ2n) is 11.1. The van der Waals surface area contributed by atoms with Gasteiger partial charge < -0.3 is 14.2 Å². The molecule has 2 heterocycles. The van der Waals surface area contributed by atoms with E-state index in [-0.39, 0.29) is 6.42 Å². The van der Waals surface area contributed by atoms with Gasteiger partial charge in [-0.15, -0.1) is 0 Å². The highest BCUT2D eigenvalue weighted by molar-refractivity contribution is 6.01. The molecule has 2 aromatic rings. The number of rotatable bonds is 5. The van der Waals surface area contributed by atoms with Gasteiger partial charge in [-0.1, -0.05) is 18.2 Å². The lowest BCUT2D eigenvalue weighted by Crippen LogP contribution is -2.46. The Labute approximate surface area is 219 Å². The molecule has 0 spiro atoms. The van der Waals surface area contributed by atoms with Crippen molar-refractivity contribution in [3.63, 3.8) is 0 Å². The van der Waals surface area contributed by atoms with E-state index in [0.717, 1.165) is 7.11 Å². The Balaban J connectivity index is 2.13. The second kappa shape index (κ2) is 10.4. The van der Waals surface area contributed by atoms with E-state index in [2.05, 4.69) is 0 Å². The molecule has 0 radical (unpaired) electrons. The molecule has 3 atom stereocenters. The van der Waals surface area contributed by atoms with Crippen LogP contribution in [0.4, 0.5) is 9.59 Å². The maximum absolute atomic E-state index is 13.6. The quantitative estimate of drug-likeness (QED) is 0.241. The smallest absolute Gasteiger partial charge is 0.419 e. The average Bonchev–Trinajstić information content (AvgIpc) is 3.33. The van der Waals surface area contributed by atoms with Crippen molar-refractivity contribution in [2.45, 2.75) is 71.1 Å². The molecular weight excluding hydrogens is 498 g/mol. The predicted molar refractivity (Wildman–Crippen MR) is 135 cm³/mol. The summed E-state index contributed by atoms with van der Waals surface area (Å²) in [5.41, 5.74) is -0.983. The molecule has 3 rings (SSSR count). The van der Waals surface area contributed by atoms with Gasteiger partial charge in [0.15, 0.2) is 0 Å². The number of ether oxygens (including phenoxy) is 3. The normalized spacial score (nSPS) is 18.8. The Morgan fingerprint density at radius 2 is 1.63 bits per heavy atom. The number of imide groups is 1. The third-order valence-electron chi connectivity index (χ3n) is 5.97. The number of esters is 1. The molecule has 206 valence electrons. The van der Waals surface area contributed by atoms with Crippen LogP contribution in [0.25, 0.3) is 10.9 Å². The van der Waals surface area contributed by atoms with E-state index in [1.165, 1.54) is 10.8 Å². The highest BCUT2D eigenvalue weighted by atomic mass is 16.6. The van der Waals surface area contributed by atoms with Crippen LogP contribution in [0, 0.1) is 16.0 Å². The Morgan fingerprint density at radius 1 is 1.05 bits per heavy atom. The zero-order valence-corrected chi connectivity index (χ0v) is 22.5. The van der Waals surface area contributed by atoms with Crippen molar-refractivity contribution in [3.05, 3.63) is 46.1 Å². The minimum Gasteiger partial charge on any atom is -0.467 e. The summed E-state index contributed by atoms with van der Waals surface area (Å²) in [5, 5.41) is 12.3. The molecule has 2 amide bonds. The van der Waals surface area contributed by atoms with Gasteiger partial charge in [0.25, 0.3) is 0 Å². The van der Waals surface area contributed by atoms with Gasteiger partial charge in [0.05, 0.1) is 24.5 Å². The van der Waals surface area contributed by atoms with Gasteiger partial charge in [0, 0.05) is 16.5 Å². The first-order chi connectivity index (χ1) is 17.5. The summed E-state index contributed by atoms with van der Waals surface area (Å²) in [6, 6.07) is 5.43. The SMILES string of the molecule is COC(=O)C1CC(C(C[N+](=O)[O-])c2cn(C(=O)OC(C)(C)C)c3ccccc23)C(=O)N1C(=O)OC(C)(C)C. The summed E-state index contributed by atoms with van der Waals surface area (Å²) in [6.07, 6.45) is -0.532. The first-order valence-electron chi connectivity index (χ1n) is 12.1. The predicted octanol–water partition coefficient (Wildman–Crippen LogP) is 4.11. The van der Waals surface area contributed by atoms with E-state index in [1.54, 1.807) is 65.8 Å². The maximum atomic E-state index is 13.6. The lowest BCUT2D eigenvalue weighted by molar-refractivity contribution is -0.484. The van der Waals surface area contributed by atoms with Crippen molar-refractivity contribution in [1.29, 1.82) is 0 Å². The largest absolute Gasteiger partial charge is 0.467 e. The number of hydrogen-bond acceptors (Lipinski definition) is 9. The van der Waals surface area contributed by atoms with Crippen molar-refractivity contribution in [2.24, 2.45) is 5.92 Å². The van der Waals surface area contributed by atoms with Crippen LogP contribution in [-0.2, 0) is 23.8 Å². The summed E-state index contributed by atoms with van der Waals surface area (Å²) in [6.45, 7) is 9.27. The number of nitro groups is 1. The summed E-state index contributed by atoms with van der Waals surface area (Å²) >= 11 is 0. The fraction of sp³-hybridized carbons (Fsp3) is 0.538. The number of carbonyl (C=O) groups excluding carboxylic acids is 4. The Bertz CT molecular complexity index is 1270. The van der Waals surface area contributed by atoms with Gasteiger partial charge in [0.2, 0.25) is 12.5 Å². The number of hydrogen-bond donors (Lipinski definition) is 0. The molecule has 38 heavy (non-hydrogen) atoms. The molecule has 0 N–H and O–H groups in total. The zero-order valence-electron chi connectivity index (χ0n) is 22.5. The van der Waals surface area contributed by atoms with Crippen LogP contribution in [-0.4, -0.2) is 69.4 Å². The molecular formula is C26H33N3O9. The number of likely N-dealkylation sites (tertiary alicyclic amines) is 1. The number of para-hydroxylation sites is 1. The van der Waals surface area contributed by atoms with E-state index >= 15 is 0 Å². The highest BCUT2D eigenvalue weighted by Crippen LogP contribution is 2.41. The van der Waals surface area contributed by atoms with E-state index < -0.39 is 64.6 Å². The van der Waals surface area contributed by atoms with Gasteiger partial charge in [-0.3, -0.25) is 19.5 Å². The van der Waals surface area contributed by atoms with Gasteiger partial charge in [-0.2, -0.15) is 0 Å². The van der Waals surface area contributed by atoms with Crippen LogP contribution >= 0.6 is 0 Å². The van der Waals surface area contributed by atoms with Crippen molar-refractivity contribution in [1.82, 2.24) is 9.47 Å². The van der Waals surface area contributed by atoms with Crippen molar-refractivity contribution in [3.8, 4) is 0 Å². The summed E-state index contributed by atoms with van der Waals surface area (Å²) in [5.74, 6) is -3.86. The first kappa shape index (κ1) is 28.6. The fourth-order valence-electron chi connectivity index (χ4n) is 4.55. The van der Waals surface area contributed by atoms with Crippen LogP contribution in [0.5, 0.6) is 0 Å². The third-order valence-corrected chi connectivity index (χ3v) is 5.97. The van der Waals surface area contributed by atoms with Gasteiger partial charge in [-0.25, -0.2) is 19.3 Å². The molecule has 0 saturated carbocycles. The molecule has 1 aromatic heterocycles.